The van der Waals surface area contributed by atoms with E-state index in [4.69, 9.17) is 4.74 Å². The van der Waals surface area contributed by atoms with Gasteiger partial charge in [-0.25, -0.2) is 4.39 Å². The van der Waals surface area contributed by atoms with Crippen LogP contribution in [0.15, 0.2) is 42.6 Å². The van der Waals surface area contributed by atoms with Gasteiger partial charge in [-0.1, -0.05) is 0 Å². The van der Waals surface area contributed by atoms with E-state index >= 15 is 0 Å². The summed E-state index contributed by atoms with van der Waals surface area (Å²) in [5, 5.41) is 0. The molecule has 0 spiro atoms. The number of aromatic nitrogens is 1. The van der Waals surface area contributed by atoms with Crippen LogP contribution in [0.2, 0.25) is 0 Å². The van der Waals surface area contributed by atoms with Crippen molar-refractivity contribution in [2.45, 2.75) is 51.0 Å². The van der Waals surface area contributed by atoms with Crippen molar-refractivity contribution in [3.05, 3.63) is 59.7 Å². The number of halogens is 1. The molecule has 6 nitrogen and oxygen atoms in total. The molecule has 1 aromatic carbocycles. The minimum Gasteiger partial charge on any atom is -0.478 e. The molecule has 0 aliphatic carbocycles. The second-order valence-electron chi connectivity index (χ2n) is 9.13. The normalized spacial score (nSPS) is 19.2. The van der Waals surface area contributed by atoms with Crippen molar-refractivity contribution < 1.29 is 18.7 Å². The molecule has 0 N–H and O–H groups in total. The van der Waals surface area contributed by atoms with Crippen molar-refractivity contribution in [3.8, 4) is 5.75 Å². The number of carbonyl (C=O) groups excluding carboxylic acids is 2. The van der Waals surface area contributed by atoms with Crippen LogP contribution in [0, 0.1) is 5.82 Å². The molecule has 2 amide bonds. The Morgan fingerprint density at radius 2 is 1.69 bits per heavy atom. The lowest BCUT2D eigenvalue weighted by atomic mass is 9.92. The standard InChI is InChI=1S/C25H30FN3O3/c1-25(2,32-21-10-8-20(26)9-11-21)24(31)29-15-5-6-19(17-29)22-12-7-18(16-27-22)23(30)28-13-3-4-14-28/h7-12,16,19H,3-6,13-15,17H2,1-2H3. The zero-order valence-electron chi connectivity index (χ0n) is 18.7. The average Bonchev–Trinajstić information content (AvgIpc) is 3.35. The summed E-state index contributed by atoms with van der Waals surface area (Å²) in [6.45, 7) is 6.32. The van der Waals surface area contributed by atoms with Crippen LogP contribution in [-0.2, 0) is 4.79 Å². The van der Waals surface area contributed by atoms with E-state index < -0.39 is 5.60 Å². The van der Waals surface area contributed by atoms with Gasteiger partial charge in [-0.05, 0) is 75.9 Å². The van der Waals surface area contributed by atoms with Gasteiger partial charge in [0.25, 0.3) is 11.8 Å². The molecule has 0 saturated carbocycles. The maximum Gasteiger partial charge on any atom is 0.266 e. The molecule has 1 aromatic heterocycles. The van der Waals surface area contributed by atoms with E-state index in [0.717, 1.165) is 44.5 Å². The Morgan fingerprint density at radius 3 is 2.34 bits per heavy atom. The van der Waals surface area contributed by atoms with Gasteiger partial charge in [0.1, 0.15) is 11.6 Å². The van der Waals surface area contributed by atoms with Crippen LogP contribution in [-0.4, -0.2) is 58.4 Å². The number of likely N-dealkylation sites (tertiary alicyclic amines) is 2. The molecule has 1 atom stereocenters. The molecular formula is C25H30FN3O3. The van der Waals surface area contributed by atoms with Crippen molar-refractivity contribution in [1.29, 1.82) is 0 Å². The zero-order valence-corrected chi connectivity index (χ0v) is 18.7. The van der Waals surface area contributed by atoms with Crippen molar-refractivity contribution in [2.75, 3.05) is 26.2 Å². The van der Waals surface area contributed by atoms with Gasteiger partial charge in [0.15, 0.2) is 5.60 Å². The van der Waals surface area contributed by atoms with Gasteiger partial charge in [0.2, 0.25) is 0 Å². The van der Waals surface area contributed by atoms with Crippen LogP contribution in [0.3, 0.4) is 0 Å². The number of carbonyl (C=O) groups is 2. The van der Waals surface area contributed by atoms with Crippen LogP contribution >= 0.6 is 0 Å². The summed E-state index contributed by atoms with van der Waals surface area (Å²) in [5.74, 6) is 0.165. The molecule has 32 heavy (non-hydrogen) atoms. The van der Waals surface area contributed by atoms with E-state index in [0.29, 0.717) is 24.4 Å². The molecule has 7 heteroatoms. The Morgan fingerprint density at radius 1 is 1.00 bits per heavy atom. The first-order chi connectivity index (χ1) is 15.3. The van der Waals surface area contributed by atoms with Gasteiger partial charge in [0.05, 0.1) is 5.56 Å². The lowest BCUT2D eigenvalue weighted by molar-refractivity contribution is -0.146. The smallest absolute Gasteiger partial charge is 0.266 e. The van der Waals surface area contributed by atoms with E-state index in [9.17, 15) is 14.0 Å². The largest absolute Gasteiger partial charge is 0.478 e. The molecule has 2 aliphatic rings. The fraction of sp³-hybridized carbons (Fsp3) is 0.480. The zero-order chi connectivity index (χ0) is 22.7. The third-order valence-corrected chi connectivity index (χ3v) is 6.26. The fourth-order valence-electron chi connectivity index (χ4n) is 4.50. The third-order valence-electron chi connectivity index (χ3n) is 6.26. The van der Waals surface area contributed by atoms with Gasteiger partial charge in [0, 0.05) is 44.0 Å². The van der Waals surface area contributed by atoms with E-state index in [-0.39, 0.29) is 23.5 Å². The molecule has 4 rings (SSSR count). The monoisotopic (exact) mass is 439 g/mol. The second kappa shape index (κ2) is 9.27. The summed E-state index contributed by atoms with van der Waals surface area (Å²) in [7, 11) is 0. The van der Waals surface area contributed by atoms with Crippen LogP contribution in [0.25, 0.3) is 0 Å². The second-order valence-corrected chi connectivity index (χ2v) is 9.13. The first-order valence-electron chi connectivity index (χ1n) is 11.3. The molecule has 0 bridgehead atoms. The average molecular weight is 440 g/mol. The molecular weight excluding hydrogens is 409 g/mol. The summed E-state index contributed by atoms with van der Waals surface area (Å²) < 4.78 is 19.1. The van der Waals surface area contributed by atoms with Crippen LogP contribution < -0.4 is 4.74 Å². The lowest BCUT2D eigenvalue weighted by Crippen LogP contribution is -2.51. The summed E-state index contributed by atoms with van der Waals surface area (Å²) in [4.78, 5) is 34.0. The minimum absolute atomic E-state index is 0.0432. The topological polar surface area (TPSA) is 62.7 Å². The number of pyridine rings is 1. The molecule has 2 saturated heterocycles. The maximum absolute atomic E-state index is 13.2. The van der Waals surface area contributed by atoms with Crippen molar-refractivity contribution in [2.24, 2.45) is 0 Å². The van der Waals surface area contributed by atoms with Crippen molar-refractivity contribution in [1.82, 2.24) is 14.8 Å². The molecule has 170 valence electrons. The quantitative estimate of drug-likeness (QED) is 0.706. The molecule has 3 heterocycles. The third kappa shape index (κ3) is 4.92. The van der Waals surface area contributed by atoms with Gasteiger partial charge in [-0.15, -0.1) is 0 Å². The maximum atomic E-state index is 13.2. The Bertz CT molecular complexity index is 953. The van der Waals surface area contributed by atoms with Gasteiger partial charge in [-0.3, -0.25) is 14.6 Å². The van der Waals surface area contributed by atoms with E-state index in [1.807, 2.05) is 21.9 Å². The molecule has 2 aromatic rings. The predicted molar refractivity (Wildman–Crippen MR) is 119 cm³/mol. The van der Waals surface area contributed by atoms with E-state index in [1.165, 1.54) is 24.3 Å². The summed E-state index contributed by atoms with van der Waals surface area (Å²) >= 11 is 0. The molecule has 1 unspecified atom stereocenters. The lowest BCUT2D eigenvalue weighted by Gasteiger charge is -2.37. The van der Waals surface area contributed by atoms with E-state index in [2.05, 4.69) is 4.98 Å². The Balaban J connectivity index is 1.40. The highest BCUT2D eigenvalue weighted by Gasteiger charge is 2.37. The summed E-state index contributed by atoms with van der Waals surface area (Å²) in [6, 6.07) is 9.46. The number of amides is 2. The van der Waals surface area contributed by atoms with E-state index in [1.54, 1.807) is 20.0 Å². The van der Waals surface area contributed by atoms with Crippen LogP contribution in [0.1, 0.15) is 61.5 Å². The molecule has 2 fully saturated rings. The SMILES string of the molecule is CC(C)(Oc1ccc(F)cc1)C(=O)N1CCCC(c2ccc(C(=O)N3CCCC3)cn2)C1. The Kier molecular flexibility index (Phi) is 6.44. The summed E-state index contributed by atoms with van der Waals surface area (Å²) in [5.41, 5.74) is 0.449. The predicted octanol–water partition coefficient (Wildman–Crippen LogP) is 4.02. The first kappa shape index (κ1) is 22.2. The highest BCUT2D eigenvalue weighted by molar-refractivity contribution is 5.94. The number of piperidine rings is 1. The summed E-state index contributed by atoms with van der Waals surface area (Å²) in [6.07, 6.45) is 5.60. The number of rotatable bonds is 5. The molecule has 0 radical (unpaired) electrons. The minimum atomic E-state index is -1.07. The van der Waals surface area contributed by atoms with Crippen LogP contribution in [0.4, 0.5) is 4.39 Å². The number of benzene rings is 1. The van der Waals surface area contributed by atoms with Crippen molar-refractivity contribution >= 4 is 11.8 Å². The number of hydrogen-bond acceptors (Lipinski definition) is 4. The number of nitrogens with zero attached hydrogens (tertiary/aromatic N) is 3. The Labute approximate surface area is 188 Å². The van der Waals surface area contributed by atoms with Gasteiger partial charge in [-0.2, -0.15) is 0 Å². The first-order valence-corrected chi connectivity index (χ1v) is 11.3. The highest BCUT2D eigenvalue weighted by atomic mass is 19.1. The fourth-order valence-corrected chi connectivity index (χ4v) is 4.50. The Hall–Kier alpha value is -2.96. The highest BCUT2D eigenvalue weighted by Crippen LogP contribution is 2.29. The molecule has 2 aliphatic heterocycles. The number of ether oxygens (including phenoxy) is 1. The van der Waals surface area contributed by atoms with Gasteiger partial charge >= 0.3 is 0 Å². The number of hydrogen-bond donors (Lipinski definition) is 0. The van der Waals surface area contributed by atoms with Crippen molar-refractivity contribution in [3.63, 3.8) is 0 Å². The van der Waals surface area contributed by atoms with Crippen LogP contribution in [0.5, 0.6) is 5.75 Å². The van der Waals surface area contributed by atoms with Gasteiger partial charge < -0.3 is 14.5 Å².